The lowest BCUT2D eigenvalue weighted by molar-refractivity contribution is 0.289. The van der Waals surface area contributed by atoms with E-state index >= 15 is 0 Å². The first-order valence-corrected chi connectivity index (χ1v) is 6.77. The Balaban J connectivity index is 2.53. The Kier molecular flexibility index (Phi) is 4.53. The van der Waals surface area contributed by atoms with Gasteiger partial charge < -0.3 is 15.7 Å². The molecule has 0 saturated heterocycles. The number of hydrogen-bond acceptors (Lipinski definition) is 4. The highest BCUT2D eigenvalue weighted by molar-refractivity contribution is 6.03. The first kappa shape index (κ1) is 14.3. The second-order valence-corrected chi connectivity index (χ2v) is 4.62. The van der Waals surface area contributed by atoms with Crippen molar-refractivity contribution in [2.45, 2.75) is 13.3 Å². The van der Waals surface area contributed by atoms with E-state index in [1.165, 1.54) is 0 Å². The number of aliphatic hydroxyl groups is 1. The van der Waals surface area contributed by atoms with Gasteiger partial charge in [0.25, 0.3) is 0 Å². The molecule has 106 valence electrons. The monoisotopic (exact) mass is 272 g/mol. The van der Waals surface area contributed by atoms with Gasteiger partial charge in [-0.25, -0.2) is 4.98 Å². The van der Waals surface area contributed by atoms with Gasteiger partial charge in [0.15, 0.2) is 0 Å². The van der Waals surface area contributed by atoms with Crippen molar-refractivity contribution >= 4 is 22.6 Å². The third kappa shape index (κ3) is 2.88. The first-order valence-electron chi connectivity index (χ1n) is 6.77. The molecule has 0 atom stereocenters. The summed E-state index contributed by atoms with van der Waals surface area (Å²) < 4.78 is 0. The fourth-order valence-corrected chi connectivity index (χ4v) is 2.22. The maximum absolute atomic E-state index is 8.99. The minimum Gasteiger partial charge on any atom is -0.396 e. The van der Waals surface area contributed by atoms with Crippen molar-refractivity contribution in [3.05, 3.63) is 35.9 Å². The number of pyridine rings is 1. The highest BCUT2D eigenvalue weighted by Gasteiger charge is 2.14. The van der Waals surface area contributed by atoms with Gasteiger partial charge in [0.1, 0.15) is 11.7 Å². The Labute approximate surface area is 118 Å². The number of rotatable bonds is 6. The largest absolute Gasteiger partial charge is 0.396 e. The van der Waals surface area contributed by atoms with E-state index in [0.29, 0.717) is 24.3 Å². The van der Waals surface area contributed by atoms with Crippen molar-refractivity contribution < 1.29 is 5.11 Å². The molecule has 0 aliphatic heterocycles. The third-order valence-electron chi connectivity index (χ3n) is 3.26. The lowest BCUT2D eigenvalue weighted by atomic mass is 10.1. The molecule has 0 fully saturated rings. The summed E-state index contributed by atoms with van der Waals surface area (Å²) >= 11 is 0. The van der Waals surface area contributed by atoms with E-state index in [-0.39, 0.29) is 12.4 Å². The number of aliphatic hydroxyl groups excluding tert-OH is 1. The molecule has 4 N–H and O–H groups in total. The summed E-state index contributed by atoms with van der Waals surface area (Å²) in [5.41, 5.74) is 7.22. The van der Waals surface area contributed by atoms with Gasteiger partial charge in [-0.3, -0.25) is 5.41 Å². The van der Waals surface area contributed by atoms with Crippen LogP contribution >= 0.6 is 0 Å². The lowest BCUT2D eigenvalue weighted by Gasteiger charge is -2.24. The summed E-state index contributed by atoms with van der Waals surface area (Å²) in [7, 11) is 0. The molecule has 20 heavy (non-hydrogen) atoms. The summed E-state index contributed by atoms with van der Waals surface area (Å²) in [5.74, 6) is 0.729. The molecular weight excluding hydrogens is 252 g/mol. The Morgan fingerprint density at radius 1 is 1.40 bits per heavy atom. The van der Waals surface area contributed by atoms with Crippen LogP contribution in [-0.2, 0) is 0 Å². The number of hydrogen-bond donors (Lipinski definition) is 3. The molecular formula is C15H20N4O. The van der Waals surface area contributed by atoms with Crippen molar-refractivity contribution in [1.29, 1.82) is 5.41 Å². The number of amidine groups is 1. The Hall–Kier alpha value is -2.14. The smallest absolute Gasteiger partial charge is 0.140 e. The highest BCUT2D eigenvalue weighted by Crippen LogP contribution is 2.23. The van der Waals surface area contributed by atoms with Crippen LogP contribution in [0.3, 0.4) is 0 Å². The number of nitrogen functional groups attached to an aromatic ring is 1. The SMILES string of the molecule is CCN(CCCO)c1nc2ccccc2cc1C(=N)N. The molecule has 0 radical (unpaired) electrons. The predicted molar refractivity (Wildman–Crippen MR) is 82.3 cm³/mol. The Bertz CT molecular complexity index is 612. The lowest BCUT2D eigenvalue weighted by Crippen LogP contribution is -2.29. The number of fused-ring (bicyclic) bond motifs is 1. The second kappa shape index (κ2) is 6.34. The van der Waals surface area contributed by atoms with Crippen LogP contribution in [0.25, 0.3) is 10.9 Å². The van der Waals surface area contributed by atoms with Crippen molar-refractivity contribution in [2.24, 2.45) is 5.73 Å². The minimum absolute atomic E-state index is 0.0145. The van der Waals surface area contributed by atoms with Crippen LogP contribution in [0.4, 0.5) is 5.82 Å². The number of para-hydroxylation sites is 1. The molecule has 5 heteroatoms. The van der Waals surface area contributed by atoms with Crippen LogP contribution in [0.15, 0.2) is 30.3 Å². The van der Waals surface area contributed by atoms with Crippen LogP contribution in [0, 0.1) is 5.41 Å². The molecule has 1 aromatic heterocycles. The zero-order valence-electron chi connectivity index (χ0n) is 11.6. The predicted octanol–water partition coefficient (Wildman–Crippen LogP) is 1.73. The van der Waals surface area contributed by atoms with E-state index in [0.717, 1.165) is 17.4 Å². The van der Waals surface area contributed by atoms with E-state index in [4.69, 9.17) is 16.2 Å². The summed E-state index contributed by atoms with van der Waals surface area (Å²) in [5, 5.41) is 17.7. The molecule has 1 aromatic carbocycles. The topological polar surface area (TPSA) is 86.2 Å². The van der Waals surface area contributed by atoms with Gasteiger partial charge in [0, 0.05) is 25.1 Å². The summed E-state index contributed by atoms with van der Waals surface area (Å²) in [6.45, 7) is 3.61. The second-order valence-electron chi connectivity index (χ2n) is 4.62. The molecule has 2 rings (SSSR count). The molecule has 5 nitrogen and oxygen atoms in total. The average molecular weight is 272 g/mol. The fourth-order valence-electron chi connectivity index (χ4n) is 2.22. The first-order chi connectivity index (χ1) is 9.67. The Morgan fingerprint density at radius 3 is 2.80 bits per heavy atom. The zero-order valence-corrected chi connectivity index (χ0v) is 11.6. The van der Waals surface area contributed by atoms with Gasteiger partial charge in [0.05, 0.1) is 11.1 Å². The molecule has 0 amide bonds. The number of nitrogens with zero attached hydrogens (tertiary/aromatic N) is 2. The summed E-state index contributed by atoms with van der Waals surface area (Å²) in [4.78, 5) is 6.69. The molecule has 0 aliphatic rings. The molecule has 0 unspecified atom stereocenters. The number of anilines is 1. The number of benzene rings is 1. The molecule has 0 saturated carbocycles. The van der Waals surface area contributed by atoms with E-state index in [9.17, 15) is 0 Å². The number of nitrogens with two attached hydrogens (primary N) is 1. The van der Waals surface area contributed by atoms with Crippen molar-refractivity contribution in [2.75, 3.05) is 24.6 Å². The van der Waals surface area contributed by atoms with E-state index in [1.54, 1.807) is 0 Å². The maximum Gasteiger partial charge on any atom is 0.140 e. The Morgan fingerprint density at radius 2 is 2.15 bits per heavy atom. The normalized spacial score (nSPS) is 10.7. The number of aromatic nitrogens is 1. The molecule has 0 aliphatic carbocycles. The van der Waals surface area contributed by atoms with Crippen LogP contribution in [0.2, 0.25) is 0 Å². The molecule has 0 bridgehead atoms. The summed E-state index contributed by atoms with van der Waals surface area (Å²) in [6, 6.07) is 9.69. The molecule has 2 aromatic rings. The standard InChI is InChI=1S/C15H20N4O/c1-2-19(8-5-9-20)15-12(14(16)17)10-11-6-3-4-7-13(11)18-15/h3-4,6-7,10,20H,2,5,8-9H2,1H3,(H3,16,17). The van der Waals surface area contributed by atoms with Crippen LogP contribution in [-0.4, -0.2) is 35.6 Å². The molecule has 0 spiro atoms. The quantitative estimate of drug-likeness (QED) is 0.552. The zero-order chi connectivity index (χ0) is 14.5. The van der Waals surface area contributed by atoms with Crippen molar-refractivity contribution in [3.63, 3.8) is 0 Å². The maximum atomic E-state index is 8.99. The molecule has 1 heterocycles. The number of nitrogens with one attached hydrogen (secondary N) is 1. The fraction of sp³-hybridized carbons (Fsp3) is 0.333. The summed E-state index contributed by atoms with van der Waals surface area (Å²) in [6.07, 6.45) is 0.666. The van der Waals surface area contributed by atoms with Gasteiger partial charge in [-0.05, 0) is 25.5 Å². The van der Waals surface area contributed by atoms with Crippen molar-refractivity contribution in [3.8, 4) is 0 Å². The van der Waals surface area contributed by atoms with Gasteiger partial charge in [-0.2, -0.15) is 0 Å². The van der Waals surface area contributed by atoms with Crippen LogP contribution in [0.5, 0.6) is 0 Å². The van der Waals surface area contributed by atoms with Crippen LogP contribution < -0.4 is 10.6 Å². The average Bonchev–Trinajstić information content (AvgIpc) is 2.47. The van der Waals surface area contributed by atoms with Crippen molar-refractivity contribution in [1.82, 2.24) is 4.98 Å². The highest BCUT2D eigenvalue weighted by atomic mass is 16.3. The van der Waals surface area contributed by atoms with E-state index in [1.807, 2.05) is 42.2 Å². The third-order valence-corrected chi connectivity index (χ3v) is 3.26. The van der Waals surface area contributed by atoms with Gasteiger partial charge in [-0.1, -0.05) is 18.2 Å². The minimum atomic E-state index is 0.0145. The van der Waals surface area contributed by atoms with Gasteiger partial charge >= 0.3 is 0 Å². The van der Waals surface area contributed by atoms with Crippen LogP contribution in [0.1, 0.15) is 18.9 Å². The van der Waals surface area contributed by atoms with E-state index < -0.39 is 0 Å². The van der Waals surface area contributed by atoms with Gasteiger partial charge in [0.2, 0.25) is 0 Å². The van der Waals surface area contributed by atoms with E-state index in [2.05, 4.69) is 4.98 Å². The van der Waals surface area contributed by atoms with Gasteiger partial charge in [-0.15, -0.1) is 0 Å².